The van der Waals surface area contributed by atoms with Gasteiger partial charge in [0.2, 0.25) is 0 Å². The van der Waals surface area contributed by atoms with Crippen LogP contribution in [-0.4, -0.2) is 4.98 Å². The van der Waals surface area contributed by atoms with Crippen LogP contribution in [0.15, 0.2) is 59.5 Å². The Morgan fingerprint density at radius 1 is 1.21 bits per heavy atom. The molecular weight excluding hydrogens is 238 g/mol. The van der Waals surface area contributed by atoms with Gasteiger partial charge in [0.25, 0.3) is 0 Å². The summed E-state index contributed by atoms with van der Waals surface area (Å²) in [5.74, 6) is 5.65. The van der Waals surface area contributed by atoms with E-state index in [9.17, 15) is 0 Å². The van der Waals surface area contributed by atoms with E-state index in [4.69, 9.17) is 10.3 Å². The minimum absolute atomic E-state index is 0.0320. The summed E-state index contributed by atoms with van der Waals surface area (Å²) < 4.78 is 5.11. The van der Waals surface area contributed by atoms with E-state index in [1.54, 1.807) is 12.5 Å². The Hall–Kier alpha value is -2.17. The highest BCUT2D eigenvalue weighted by Gasteiger charge is 2.13. The Balaban J connectivity index is 1.96. The number of benzene rings is 1. The third-order valence-corrected chi connectivity index (χ3v) is 3.31. The van der Waals surface area contributed by atoms with Crippen molar-refractivity contribution in [1.82, 2.24) is 10.4 Å². The van der Waals surface area contributed by atoms with Crippen LogP contribution in [0.5, 0.6) is 0 Å². The number of hydrogen-bond acceptors (Lipinski definition) is 4. The molecule has 4 heteroatoms. The van der Waals surface area contributed by atoms with E-state index in [2.05, 4.69) is 16.5 Å². The number of para-hydroxylation sites is 1. The average molecular weight is 253 g/mol. The van der Waals surface area contributed by atoms with E-state index < -0.39 is 0 Å². The summed E-state index contributed by atoms with van der Waals surface area (Å²) in [5.41, 5.74) is 6.10. The van der Waals surface area contributed by atoms with Gasteiger partial charge in [0.05, 0.1) is 24.1 Å². The number of hydrazine groups is 1. The molecule has 3 aromatic rings. The molecule has 0 spiro atoms. The number of fused-ring (bicyclic) bond motifs is 1. The van der Waals surface area contributed by atoms with Crippen molar-refractivity contribution in [2.24, 2.45) is 5.84 Å². The zero-order valence-electron chi connectivity index (χ0n) is 10.4. The Morgan fingerprint density at radius 3 is 2.89 bits per heavy atom. The summed E-state index contributed by atoms with van der Waals surface area (Å²) in [6, 6.07) is 12.1. The topological polar surface area (TPSA) is 64.1 Å². The Labute approximate surface area is 111 Å². The summed E-state index contributed by atoms with van der Waals surface area (Å²) in [7, 11) is 0. The fraction of sp³-hybridized carbons (Fsp3) is 0.133. The second-order valence-corrected chi connectivity index (χ2v) is 4.47. The summed E-state index contributed by atoms with van der Waals surface area (Å²) >= 11 is 0. The summed E-state index contributed by atoms with van der Waals surface area (Å²) in [6.45, 7) is 0. The molecule has 0 fully saturated rings. The quantitative estimate of drug-likeness (QED) is 0.554. The molecule has 1 aromatic carbocycles. The molecule has 0 radical (unpaired) electrons. The molecule has 0 aliphatic carbocycles. The first-order valence-electron chi connectivity index (χ1n) is 6.19. The molecule has 3 rings (SSSR count). The molecule has 0 amide bonds. The minimum atomic E-state index is 0.0320. The maximum atomic E-state index is 5.65. The molecule has 0 bridgehead atoms. The van der Waals surface area contributed by atoms with Crippen molar-refractivity contribution >= 4 is 10.9 Å². The summed E-state index contributed by atoms with van der Waals surface area (Å²) in [5, 5.41) is 1.16. The van der Waals surface area contributed by atoms with Gasteiger partial charge in [-0.1, -0.05) is 18.2 Å². The number of pyridine rings is 1. The van der Waals surface area contributed by atoms with Crippen LogP contribution in [0.4, 0.5) is 0 Å². The number of nitrogens with two attached hydrogens (primary N) is 1. The fourth-order valence-corrected chi connectivity index (χ4v) is 2.30. The number of nitrogens with zero attached hydrogens (tertiary/aromatic N) is 1. The average Bonchev–Trinajstić information content (AvgIpc) is 2.99. The van der Waals surface area contributed by atoms with E-state index in [0.717, 1.165) is 22.9 Å². The molecule has 0 saturated heterocycles. The van der Waals surface area contributed by atoms with Crippen LogP contribution in [-0.2, 0) is 6.42 Å². The van der Waals surface area contributed by atoms with Crippen molar-refractivity contribution in [1.29, 1.82) is 0 Å². The van der Waals surface area contributed by atoms with Gasteiger partial charge in [-0.05, 0) is 30.2 Å². The van der Waals surface area contributed by atoms with Crippen LogP contribution in [0.1, 0.15) is 17.2 Å². The fourth-order valence-electron chi connectivity index (χ4n) is 2.30. The van der Waals surface area contributed by atoms with Crippen molar-refractivity contribution in [3.63, 3.8) is 0 Å². The zero-order valence-corrected chi connectivity index (χ0v) is 10.4. The maximum Gasteiger partial charge on any atom is 0.0950 e. The van der Waals surface area contributed by atoms with Gasteiger partial charge in [0.15, 0.2) is 0 Å². The van der Waals surface area contributed by atoms with Crippen LogP contribution in [0, 0.1) is 0 Å². The Bertz CT molecular complexity index is 659. The Morgan fingerprint density at radius 2 is 2.11 bits per heavy atom. The molecule has 0 aliphatic rings. The van der Waals surface area contributed by atoms with Gasteiger partial charge in [-0.15, -0.1) is 0 Å². The summed E-state index contributed by atoms with van der Waals surface area (Å²) in [6.07, 6.45) is 6.00. The van der Waals surface area contributed by atoms with Crippen molar-refractivity contribution in [3.05, 3.63) is 66.2 Å². The number of hydrogen-bond donors (Lipinski definition) is 2. The van der Waals surface area contributed by atoms with E-state index in [-0.39, 0.29) is 6.04 Å². The van der Waals surface area contributed by atoms with Gasteiger partial charge >= 0.3 is 0 Å². The van der Waals surface area contributed by atoms with Crippen molar-refractivity contribution in [3.8, 4) is 0 Å². The van der Waals surface area contributed by atoms with E-state index in [1.807, 2.05) is 36.5 Å². The molecule has 3 N–H and O–H groups in total. The van der Waals surface area contributed by atoms with Gasteiger partial charge < -0.3 is 4.42 Å². The third-order valence-electron chi connectivity index (χ3n) is 3.31. The molecule has 1 atom stereocenters. The highest BCUT2D eigenvalue weighted by molar-refractivity contribution is 5.81. The van der Waals surface area contributed by atoms with Gasteiger partial charge in [0.1, 0.15) is 0 Å². The van der Waals surface area contributed by atoms with Crippen LogP contribution >= 0.6 is 0 Å². The lowest BCUT2D eigenvalue weighted by atomic mass is 9.99. The van der Waals surface area contributed by atoms with E-state index in [0.29, 0.717) is 0 Å². The number of nitrogens with one attached hydrogen (secondary N) is 1. The molecule has 2 aromatic heterocycles. The Kier molecular flexibility index (Phi) is 3.27. The first kappa shape index (κ1) is 11.9. The normalized spacial score (nSPS) is 12.7. The predicted molar refractivity (Wildman–Crippen MR) is 74.2 cm³/mol. The highest BCUT2D eigenvalue weighted by atomic mass is 16.3. The first-order chi connectivity index (χ1) is 9.38. The largest absolute Gasteiger partial charge is 0.472 e. The minimum Gasteiger partial charge on any atom is -0.472 e. The van der Waals surface area contributed by atoms with Crippen LogP contribution < -0.4 is 11.3 Å². The molecule has 2 heterocycles. The van der Waals surface area contributed by atoms with Crippen molar-refractivity contribution in [2.75, 3.05) is 0 Å². The monoisotopic (exact) mass is 253 g/mol. The predicted octanol–water partition coefficient (Wildman–Crippen LogP) is 2.57. The molecule has 19 heavy (non-hydrogen) atoms. The van der Waals surface area contributed by atoms with E-state index in [1.165, 1.54) is 5.56 Å². The number of rotatable bonds is 4. The van der Waals surface area contributed by atoms with Gasteiger partial charge in [-0.2, -0.15) is 0 Å². The molecule has 96 valence electrons. The maximum absolute atomic E-state index is 5.65. The smallest absolute Gasteiger partial charge is 0.0950 e. The summed E-state index contributed by atoms with van der Waals surface area (Å²) in [4.78, 5) is 4.37. The molecule has 1 unspecified atom stereocenters. The van der Waals surface area contributed by atoms with Crippen LogP contribution in [0.3, 0.4) is 0 Å². The molecule has 0 aliphatic heterocycles. The number of aromatic nitrogens is 1. The number of furan rings is 1. The van der Waals surface area contributed by atoms with Crippen molar-refractivity contribution < 1.29 is 4.42 Å². The highest BCUT2D eigenvalue weighted by Crippen LogP contribution is 2.23. The third kappa shape index (κ3) is 2.36. The standard InChI is InChI=1S/C15H15N3O/c16-18-15(12-6-8-19-10-12)9-11-5-7-17-14-4-2-1-3-13(11)14/h1-8,10,15,18H,9,16H2. The van der Waals surface area contributed by atoms with Crippen molar-refractivity contribution in [2.45, 2.75) is 12.5 Å². The second kappa shape index (κ2) is 5.22. The van der Waals surface area contributed by atoms with Gasteiger partial charge in [-0.3, -0.25) is 16.3 Å². The lowest BCUT2D eigenvalue weighted by Gasteiger charge is -2.15. The lowest BCUT2D eigenvalue weighted by Crippen LogP contribution is -2.29. The van der Waals surface area contributed by atoms with Crippen LogP contribution in [0.2, 0.25) is 0 Å². The zero-order chi connectivity index (χ0) is 13.1. The lowest BCUT2D eigenvalue weighted by molar-refractivity contribution is 0.526. The van der Waals surface area contributed by atoms with Gasteiger partial charge in [0, 0.05) is 17.1 Å². The second-order valence-electron chi connectivity index (χ2n) is 4.47. The van der Waals surface area contributed by atoms with Gasteiger partial charge in [-0.25, -0.2) is 0 Å². The molecule has 0 saturated carbocycles. The first-order valence-corrected chi connectivity index (χ1v) is 6.19. The SMILES string of the molecule is NNC(Cc1ccnc2ccccc12)c1ccoc1. The van der Waals surface area contributed by atoms with E-state index >= 15 is 0 Å². The molecule has 4 nitrogen and oxygen atoms in total. The molecular formula is C15H15N3O. The van der Waals surface area contributed by atoms with Crippen LogP contribution in [0.25, 0.3) is 10.9 Å².